The number of aryl methyl sites for hydroxylation is 1. The van der Waals surface area contributed by atoms with E-state index in [1.165, 1.54) is 11.8 Å². The van der Waals surface area contributed by atoms with Crippen LogP contribution >= 0.6 is 11.8 Å². The summed E-state index contributed by atoms with van der Waals surface area (Å²) in [5, 5.41) is 0. The summed E-state index contributed by atoms with van der Waals surface area (Å²) in [5.74, 6) is 0.326. The van der Waals surface area contributed by atoms with Gasteiger partial charge in [-0.3, -0.25) is 0 Å². The standard InChI is InChI=1S/C19H16O3S2/c1-15-11-13-17(14-12-15)24(20,21)22-18-9-5-6-10-19(18)23-16-7-3-2-4-8-16/h2-14H,1H3. The van der Waals surface area contributed by atoms with Crippen LogP contribution in [0.15, 0.2) is 93.5 Å². The van der Waals surface area contributed by atoms with Gasteiger partial charge in [-0.15, -0.1) is 0 Å². The predicted molar refractivity (Wildman–Crippen MR) is 96.0 cm³/mol. The van der Waals surface area contributed by atoms with Gasteiger partial charge in [0.2, 0.25) is 0 Å². The van der Waals surface area contributed by atoms with Crippen molar-refractivity contribution in [3.05, 3.63) is 84.4 Å². The molecule has 0 aliphatic heterocycles. The summed E-state index contributed by atoms with van der Waals surface area (Å²) in [4.78, 5) is 1.91. The first kappa shape index (κ1) is 16.6. The Morgan fingerprint density at radius 1 is 0.792 bits per heavy atom. The van der Waals surface area contributed by atoms with E-state index in [4.69, 9.17) is 4.18 Å². The number of benzene rings is 3. The molecule has 5 heteroatoms. The average molecular weight is 356 g/mol. The molecule has 0 aromatic heterocycles. The minimum absolute atomic E-state index is 0.146. The maximum Gasteiger partial charge on any atom is 0.339 e. The summed E-state index contributed by atoms with van der Waals surface area (Å²) in [6, 6.07) is 23.5. The molecule has 0 radical (unpaired) electrons. The molecule has 0 atom stereocenters. The zero-order valence-corrected chi connectivity index (χ0v) is 14.7. The molecule has 0 saturated carbocycles. The van der Waals surface area contributed by atoms with Gasteiger partial charge in [-0.1, -0.05) is 59.8 Å². The first-order valence-corrected chi connectivity index (χ1v) is 9.60. The van der Waals surface area contributed by atoms with Gasteiger partial charge in [0.15, 0.2) is 5.75 Å². The molecule has 3 aromatic carbocycles. The van der Waals surface area contributed by atoms with Gasteiger partial charge in [-0.05, 0) is 43.3 Å². The van der Waals surface area contributed by atoms with E-state index in [9.17, 15) is 8.42 Å². The van der Waals surface area contributed by atoms with Gasteiger partial charge < -0.3 is 4.18 Å². The van der Waals surface area contributed by atoms with Crippen molar-refractivity contribution < 1.29 is 12.6 Å². The van der Waals surface area contributed by atoms with Crippen molar-refractivity contribution >= 4 is 21.9 Å². The Morgan fingerprint density at radius 3 is 2.12 bits per heavy atom. The van der Waals surface area contributed by atoms with Crippen LogP contribution in [0.1, 0.15) is 5.56 Å². The Hall–Kier alpha value is -2.24. The molecular formula is C19H16O3S2. The summed E-state index contributed by atoms with van der Waals surface area (Å²) in [6.45, 7) is 1.91. The van der Waals surface area contributed by atoms with Crippen molar-refractivity contribution in [3.8, 4) is 5.75 Å². The molecule has 0 amide bonds. The third kappa shape index (κ3) is 3.99. The van der Waals surface area contributed by atoms with Gasteiger partial charge in [-0.2, -0.15) is 8.42 Å². The Balaban J connectivity index is 1.89. The molecule has 0 saturated heterocycles. The van der Waals surface area contributed by atoms with E-state index in [1.54, 1.807) is 36.4 Å². The normalized spacial score (nSPS) is 11.2. The second-order valence-corrected chi connectivity index (χ2v) is 7.87. The molecule has 3 nitrogen and oxygen atoms in total. The lowest BCUT2D eigenvalue weighted by molar-refractivity contribution is 0.480. The van der Waals surface area contributed by atoms with Crippen molar-refractivity contribution in [1.29, 1.82) is 0 Å². The van der Waals surface area contributed by atoms with E-state index in [-0.39, 0.29) is 4.90 Å². The zero-order chi connectivity index (χ0) is 17.0. The van der Waals surface area contributed by atoms with Gasteiger partial charge in [0.05, 0.1) is 4.90 Å². The lowest BCUT2D eigenvalue weighted by Gasteiger charge is -2.11. The van der Waals surface area contributed by atoms with Crippen LogP contribution in [-0.2, 0) is 10.1 Å². The molecular weight excluding hydrogens is 340 g/mol. The fraction of sp³-hybridized carbons (Fsp3) is 0.0526. The van der Waals surface area contributed by atoms with Gasteiger partial charge in [0, 0.05) is 4.90 Å². The minimum atomic E-state index is -3.86. The van der Waals surface area contributed by atoms with Crippen LogP contribution in [0.3, 0.4) is 0 Å². The van der Waals surface area contributed by atoms with Crippen LogP contribution < -0.4 is 4.18 Å². The summed E-state index contributed by atoms with van der Waals surface area (Å²) >= 11 is 1.46. The summed E-state index contributed by atoms with van der Waals surface area (Å²) in [7, 11) is -3.86. The molecule has 24 heavy (non-hydrogen) atoms. The average Bonchev–Trinajstić information content (AvgIpc) is 2.58. The predicted octanol–water partition coefficient (Wildman–Crippen LogP) is 4.91. The Kier molecular flexibility index (Phi) is 4.92. The van der Waals surface area contributed by atoms with Crippen molar-refractivity contribution in [2.45, 2.75) is 21.6 Å². The maximum absolute atomic E-state index is 12.5. The molecule has 3 rings (SSSR count). The number of rotatable bonds is 5. The van der Waals surface area contributed by atoms with Crippen molar-refractivity contribution in [2.75, 3.05) is 0 Å². The van der Waals surface area contributed by atoms with Gasteiger partial charge in [0.1, 0.15) is 4.90 Å². The number of para-hydroxylation sites is 1. The van der Waals surface area contributed by atoms with E-state index >= 15 is 0 Å². The fourth-order valence-corrected chi connectivity index (χ4v) is 3.99. The first-order chi connectivity index (χ1) is 11.5. The van der Waals surface area contributed by atoms with Crippen LogP contribution in [0, 0.1) is 6.92 Å². The maximum atomic E-state index is 12.5. The first-order valence-electron chi connectivity index (χ1n) is 7.38. The molecule has 0 aliphatic rings. The van der Waals surface area contributed by atoms with Crippen LogP contribution in [0.4, 0.5) is 0 Å². The second kappa shape index (κ2) is 7.11. The molecule has 0 heterocycles. The highest BCUT2D eigenvalue weighted by Crippen LogP contribution is 2.35. The molecule has 122 valence electrons. The quantitative estimate of drug-likeness (QED) is 0.609. The van der Waals surface area contributed by atoms with Crippen LogP contribution in [0.2, 0.25) is 0 Å². The topological polar surface area (TPSA) is 43.4 Å². The monoisotopic (exact) mass is 356 g/mol. The van der Waals surface area contributed by atoms with Gasteiger partial charge in [-0.25, -0.2) is 0 Å². The third-order valence-electron chi connectivity index (χ3n) is 3.33. The SMILES string of the molecule is Cc1ccc(S(=O)(=O)Oc2ccccc2Sc2ccccc2)cc1. The van der Waals surface area contributed by atoms with Crippen LogP contribution in [0.25, 0.3) is 0 Å². The fourth-order valence-electron chi connectivity index (χ4n) is 2.09. The van der Waals surface area contributed by atoms with Gasteiger partial charge in [0.25, 0.3) is 0 Å². The molecule has 0 unspecified atom stereocenters. The Bertz CT molecular complexity index is 918. The van der Waals surface area contributed by atoms with E-state index in [0.29, 0.717) is 5.75 Å². The molecule has 0 spiro atoms. The van der Waals surface area contributed by atoms with Crippen molar-refractivity contribution in [1.82, 2.24) is 0 Å². The van der Waals surface area contributed by atoms with Crippen LogP contribution in [-0.4, -0.2) is 8.42 Å². The van der Waals surface area contributed by atoms with E-state index in [1.807, 2.05) is 49.4 Å². The lowest BCUT2D eigenvalue weighted by atomic mass is 10.2. The highest BCUT2D eigenvalue weighted by Gasteiger charge is 2.18. The van der Waals surface area contributed by atoms with Gasteiger partial charge >= 0.3 is 10.1 Å². The van der Waals surface area contributed by atoms with Crippen molar-refractivity contribution in [2.24, 2.45) is 0 Å². The number of hydrogen-bond donors (Lipinski definition) is 0. The van der Waals surface area contributed by atoms with Crippen LogP contribution in [0.5, 0.6) is 5.75 Å². The molecule has 0 fully saturated rings. The summed E-state index contributed by atoms with van der Waals surface area (Å²) in [5.41, 5.74) is 0.994. The lowest BCUT2D eigenvalue weighted by Crippen LogP contribution is -2.10. The minimum Gasteiger partial charge on any atom is -0.378 e. The highest BCUT2D eigenvalue weighted by atomic mass is 32.2. The molecule has 0 N–H and O–H groups in total. The second-order valence-electron chi connectivity index (χ2n) is 5.21. The molecule has 3 aromatic rings. The van der Waals surface area contributed by atoms with E-state index < -0.39 is 10.1 Å². The number of hydrogen-bond acceptors (Lipinski definition) is 4. The molecule has 0 bridgehead atoms. The smallest absolute Gasteiger partial charge is 0.339 e. The highest BCUT2D eigenvalue weighted by molar-refractivity contribution is 7.99. The van der Waals surface area contributed by atoms with Crippen molar-refractivity contribution in [3.63, 3.8) is 0 Å². The zero-order valence-electron chi connectivity index (χ0n) is 13.0. The Morgan fingerprint density at radius 2 is 1.42 bits per heavy atom. The summed E-state index contributed by atoms with van der Waals surface area (Å²) in [6.07, 6.45) is 0. The largest absolute Gasteiger partial charge is 0.378 e. The summed E-state index contributed by atoms with van der Waals surface area (Å²) < 4.78 is 30.4. The third-order valence-corrected chi connectivity index (χ3v) is 5.64. The van der Waals surface area contributed by atoms with E-state index in [2.05, 4.69) is 0 Å². The Labute approximate surface area is 146 Å². The van der Waals surface area contributed by atoms with E-state index in [0.717, 1.165) is 15.4 Å². The molecule has 0 aliphatic carbocycles.